The minimum Gasteiger partial charge on any atom is -0.0557 e. The lowest BCUT2D eigenvalue weighted by atomic mass is 9.86. The van der Waals surface area contributed by atoms with Crippen molar-refractivity contribution >= 4 is 21.5 Å². The van der Waals surface area contributed by atoms with E-state index >= 15 is 0 Å². The summed E-state index contributed by atoms with van der Waals surface area (Å²) >= 11 is 0. The average Bonchev–Trinajstić information content (AvgIpc) is 2.76. The van der Waals surface area contributed by atoms with Gasteiger partial charge in [0, 0.05) is 0 Å². The van der Waals surface area contributed by atoms with Gasteiger partial charge in [0.2, 0.25) is 0 Å². The summed E-state index contributed by atoms with van der Waals surface area (Å²) in [7, 11) is 0. The van der Waals surface area contributed by atoms with Gasteiger partial charge in [-0.15, -0.1) is 0 Å². The molecule has 0 bridgehead atoms. The highest BCUT2D eigenvalue weighted by atomic mass is 14.2. The molecule has 0 heterocycles. The summed E-state index contributed by atoms with van der Waals surface area (Å²) in [5.74, 6) is 0. The molecule has 0 aliphatic carbocycles. The van der Waals surface area contributed by atoms with E-state index < -0.39 is 0 Å². The largest absolute Gasteiger partial charge is 0.0557 e. The highest BCUT2D eigenvalue weighted by molar-refractivity contribution is 6.12. The van der Waals surface area contributed by atoms with Gasteiger partial charge in [0.15, 0.2) is 0 Å². The summed E-state index contributed by atoms with van der Waals surface area (Å²) in [6.45, 7) is 17.8. The van der Waals surface area contributed by atoms with Crippen molar-refractivity contribution in [3.8, 4) is 22.3 Å². The molecule has 0 fully saturated rings. The van der Waals surface area contributed by atoms with Crippen molar-refractivity contribution in [3.63, 3.8) is 0 Å². The van der Waals surface area contributed by atoms with Crippen molar-refractivity contribution in [2.45, 2.75) is 55.4 Å². The summed E-state index contributed by atoms with van der Waals surface area (Å²) < 4.78 is 0. The molecular weight excluding hydrogens is 408 g/mol. The molecule has 0 aliphatic heterocycles. The van der Waals surface area contributed by atoms with Crippen molar-refractivity contribution in [2.24, 2.45) is 0 Å². The molecule has 0 amide bonds. The van der Waals surface area contributed by atoms with Crippen LogP contribution in [0.15, 0.2) is 60.7 Å². The van der Waals surface area contributed by atoms with Gasteiger partial charge >= 0.3 is 0 Å². The maximum absolute atomic E-state index is 2.41. The summed E-state index contributed by atoms with van der Waals surface area (Å²) in [5, 5.41) is 5.40. The fraction of sp³-hybridized carbons (Fsp3) is 0.235. The molecule has 170 valence electrons. The van der Waals surface area contributed by atoms with Crippen LogP contribution in [0.2, 0.25) is 0 Å². The minimum absolute atomic E-state index is 1.31. The van der Waals surface area contributed by atoms with Gasteiger partial charge in [-0.25, -0.2) is 0 Å². The molecule has 0 saturated carbocycles. The average molecular weight is 443 g/mol. The summed E-state index contributed by atoms with van der Waals surface area (Å²) in [5.41, 5.74) is 16.2. The van der Waals surface area contributed by atoms with E-state index in [1.54, 1.807) is 0 Å². The first-order valence-corrected chi connectivity index (χ1v) is 12.3. The first-order valence-electron chi connectivity index (χ1n) is 12.3. The monoisotopic (exact) mass is 442 g/mol. The summed E-state index contributed by atoms with van der Waals surface area (Å²) in [6.07, 6.45) is 0. The molecule has 5 aromatic rings. The Morgan fingerprint density at radius 2 is 0.676 bits per heavy atom. The molecule has 0 aliphatic rings. The van der Waals surface area contributed by atoms with Gasteiger partial charge in [-0.1, -0.05) is 59.7 Å². The topological polar surface area (TPSA) is 0 Å². The van der Waals surface area contributed by atoms with E-state index in [0.717, 1.165) is 0 Å². The first kappa shape index (κ1) is 22.4. The van der Waals surface area contributed by atoms with Crippen LogP contribution >= 0.6 is 0 Å². The Morgan fingerprint density at radius 1 is 0.353 bits per heavy atom. The maximum Gasteiger partial charge on any atom is -0.0102 e. The Bertz CT molecular complexity index is 1440. The number of benzene rings is 5. The lowest BCUT2D eigenvalue weighted by Crippen LogP contribution is -1.94. The molecule has 0 nitrogen and oxygen atoms in total. The van der Waals surface area contributed by atoms with Gasteiger partial charge in [0.1, 0.15) is 0 Å². The van der Waals surface area contributed by atoms with Gasteiger partial charge in [-0.3, -0.25) is 0 Å². The highest BCUT2D eigenvalue weighted by Crippen LogP contribution is 2.39. The second kappa shape index (κ2) is 8.13. The Labute approximate surface area is 204 Å². The molecular formula is C34H34. The third-order valence-electron chi connectivity index (χ3n) is 7.63. The fourth-order valence-electron chi connectivity index (χ4n) is 6.16. The van der Waals surface area contributed by atoms with Crippen molar-refractivity contribution in [3.05, 3.63) is 105 Å². The molecule has 0 N–H and O–H groups in total. The van der Waals surface area contributed by atoms with Crippen molar-refractivity contribution < 1.29 is 0 Å². The molecule has 0 spiro atoms. The Morgan fingerprint density at radius 3 is 1.00 bits per heavy atom. The van der Waals surface area contributed by atoms with Crippen molar-refractivity contribution in [2.75, 3.05) is 0 Å². The third kappa shape index (κ3) is 3.53. The van der Waals surface area contributed by atoms with Crippen LogP contribution in [-0.4, -0.2) is 0 Å². The smallest absolute Gasteiger partial charge is 0.0102 e. The zero-order valence-electron chi connectivity index (χ0n) is 21.8. The lowest BCUT2D eigenvalue weighted by molar-refractivity contribution is 1.32. The van der Waals surface area contributed by atoms with Crippen molar-refractivity contribution in [1.29, 1.82) is 0 Å². The molecule has 0 aromatic heterocycles. The SMILES string of the molecule is Cc1cc(C)c(-c2ccc3c(c2)c(C)c(C)c2cc(-c4c(C)cc(C)cc4C)ccc23)c(C)c1. The van der Waals surface area contributed by atoms with Crippen molar-refractivity contribution in [1.82, 2.24) is 0 Å². The maximum atomic E-state index is 2.41. The Balaban J connectivity index is 1.75. The van der Waals surface area contributed by atoms with E-state index in [9.17, 15) is 0 Å². The van der Waals surface area contributed by atoms with Gasteiger partial charge in [-0.2, -0.15) is 0 Å². The second-order valence-corrected chi connectivity index (χ2v) is 10.3. The number of hydrogen-bond acceptors (Lipinski definition) is 0. The Hall–Kier alpha value is -3.38. The summed E-state index contributed by atoms with van der Waals surface area (Å²) in [4.78, 5) is 0. The zero-order valence-corrected chi connectivity index (χ0v) is 21.8. The van der Waals surface area contributed by atoms with Gasteiger partial charge < -0.3 is 0 Å². The molecule has 0 unspecified atom stereocenters. The Kier molecular flexibility index (Phi) is 5.36. The van der Waals surface area contributed by atoms with Crippen LogP contribution < -0.4 is 0 Å². The second-order valence-electron chi connectivity index (χ2n) is 10.3. The van der Waals surface area contributed by atoms with Crippen LogP contribution in [0.5, 0.6) is 0 Å². The van der Waals surface area contributed by atoms with E-state index in [-0.39, 0.29) is 0 Å². The molecule has 5 aromatic carbocycles. The molecule has 0 heteroatoms. The van der Waals surface area contributed by atoms with Crippen LogP contribution in [0.1, 0.15) is 44.5 Å². The fourth-order valence-corrected chi connectivity index (χ4v) is 6.16. The quantitative estimate of drug-likeness (QED) is 0.239. The van der Waals surface area contributed by atoms with Crippen LogP contribution in [-0.2, 0) is 0 Å². The van der Waals surface area contributed by atoms with E-state index in [1.165, 1.54) is 88.3 Å². The number of aryl methyl sites for hydroxylation is 8. The van der Waals surface area contributed by atoms with Crippen LogP contribution in [0.4, 0.5) is 0 Å². The predicted molar refractivity (Wildman–Crippen MR) is 150 cm³/mol. The number of hydrogen-bond donors (Lipinski definition) is 0. The van der Waals surface area contributed by atoms with Gasteiger partial charge in [0.05, 0.1) is 0 Å². The van der Waals surface area contributed by atoms with Gasteiger partial charge in [-0.05, 0) is 145 Å². The lowest BCUT2D eigenvalue weighted by Gasteiger charge is -2.18. The number of fused-ring (bicyclic) bond motifs is 3. The highest BCUT2D eigenvalue weighted by Gasteiger charge is 2.14. The molecule has 0 saturated heterocycles. The molecule has 34 heavy (non-hydrogen) atoms. The minimum atomic E-state index is 1.31. The van der Waals surface area contributed by atoms with E-state index in [1.807, 2.05) is 0 Å². The predicted octanol–water partition coefficient (Wildman–Crippen LogP) is 9.79. The molecule has 0 atom stereocenters. The third-order valence-corrected chi connectivity index (χ3v) is 7.63. The van der Waals surface area contributed by atoms with E-state index in [0.29, 0.717) is 0 Å². The van der Waals surface area contributed by atoms with Crippen LogP contribution in [0.25, 0.3) is 43.8 Å². The summed E-state index contributed by atoms with van der Waals surface area (Å²) in [6, 6.07) is 23.3. The molecule has 5 rings (SSSR count). The van der Waals surface area contributed by atoms with Crippen LogP contribution in [0.3, 0.4) is 0 Å². The number of rotatable bonds is 2. The van der Waals surface area contributed by atoms with E-state index in [4.69, 9.17) is 0 Å². The standard InChI is InChI=1S/C34H34/c1-19-13-21(3)33(22(4)14-19)27-9-11-29-30-12-10-28(34-23(5)15-20(2)16-24(34)6)18-32(30)26(8)25(7)31(29)17-27/h9-18H,1-8H3. The van der Waals surface area contributed by atoms with E-state index in [2.05, 4.69) is 116 Å². The van der Waals surface area contributed by atoms with Crippen LogP contribution in [0, 0.1) is 55.4 Å². The zero-order chi connectivity index (χ0) is 24.3. The van der Waals surface area contributed by atoms with Gasteiger partial charge in [0.25, 0.3) is 0 Å². The normalized spacial score (nSPS) is 11.5. The molecule has 0 radical (unpaired) electrons. The first-order chi connectivity index (χ1) is 16.2.